The van der Waals surface area contributed by atoms with Gasteiger partial charge in [-0.25, -0.2) is 0 Å². The molecule has 0 bridgehead atoms. The zero-order chi connectivity index (χ0) is 14.0. The minimum Gasteiger partial charge on any atom is -0.508 e. The molecule has 1 aromatic carbocycles. The van der Waals surface area contributed by atoms with E-state index in [1.54, 1.807) is 12.1 Å². The van der Waals surface area contributed by atoms with Crippen LogP contribution in [0.4, 0.5) is 18.9 Å². The summed E-state index contributed by atoms with van der Waals surface area (Å²) in [5, 5.41) is 9.67. The molecule has 0 aliphatic carbocycles. The van der Waals surface area contributed by atoms with Crippen molar-refractivity contribution in [3.05, 3.63) is 35.4 Å². The summed E-state index contributed by atoms with van der Waals surface area (Å²) in [6.07, 6.45) is -3.05. The van der Waals surface area contributed by atoms with Gasteiger partial charge in [0, 0.05) is 36.5 Å². The Bertz CT molecular complexity index is 497. The molecule has 0 fully saturated rings. The van der Waals surface area contributed by atoms with E-state index in [4.69, 9.17) is 5.73 Å². The molecular formula is C13H15F3N2O. The highest BCUT2D eigenvalue weighted by molar-refractivity contribution is 5.47. The molecule has 6 heteroatoms. The van der Waals surface area contributed by atoms with Gasteiger partial charge in [0.15, 0.2) is 0 Å². The van der Waals surface area contributed by atoms with Crippen molar-refractivity contribution in [1.82, 2.24) is 4.90 Å². The van der Waals surface area contributed by atoms with Crippen LogP contribution in [0, 0.1) is 0 Å². The monoisotopic (exact) mass is 272 g/mol. The molecule has 104 valence electrons. The molecular weight excluding hydrogens is 257 g/mol. The lowest BCUT2D eigenvalue weighted by atomic mass is 10.1. The highest BCUT2D eigenvalue weighted by Crippen LogP contribution is 2.31. The molecule has 19 heavy (non-hydrogen) atoms. The number of hydrogen-bond acceptors (Lipinski definition) is 3. The predicted octanol–water partition coefficient (Wildman–Crippen LogP) is 2.67. The molecule has 3 nitrogen and oxygen atoms in total. The van der Waals surface area contributed by atoms with Gasteiger partial charge in [0.1, 0.15) is 5.75 Å². The lowest BCUT2D eigenvalue weighted by Gasteiger charge is -2.27. The van der Waals surface area contributed by atoms with Gasteiger partial charge in [-0.15, -0.1) is 0 Å². The van der Waals surface area contributed by atoms with Gasteiger partial charge in [-0.3, -0.25) is 4.90 Å². The lowest BCUT2D eigenvalue weighted by molar-refractivity contribution is -0.0960. The van der Waals surface area contributed by atoms with Crippen LogP contribution in [0.15, 0.2) is 29.8 Å². The quantitative estimate of drug-likeness (QED) is 0.494. The Morgan fingerprint density at radius 1 is 1.32 bits per heavy atom. The van der Waals surface area contributed by atoms with Crippen LogP contribution < -0.4 is 5.73 Å². The molecule has 1 aliphatic rings. The van der Waals surface area contributed by atoms with Crippen molar-refractivity contribution in [2.75, 3.05) is 18.8 Å². The Morgan fingerprint density at radius 2 is 2.05 bits per heavy atom. The number of anilines is 1. The van der Waals surface area contributed by atoms with E-state index in [1.807, 2.05) is 4.90 Å². The maximum atomic E-state index is 12.5. The average Bonchev–Trinajstić information content (AvgIpc) is 2.33. The highest BCUT2D eigenvalue weighted by atomic mass is 19.4. The molecule has 0 atom stereocenters. The number of benzene rings is 1. The number of phenolic OH excluding ortho intramolecular Hbond substituents is 1. The number of aromatic hydroxyl groups is 1. The highest BCUT2D eigenvalue weighted by Gasteiger charge is 2.34. The Labute approximate surface area is 109 Å². The second-order valence-corrected chi connectivity index (χ2v) is 4.60. The smallest absolute Gasteiger partial charge is 0.412 e. The first-order valence-electron chi connectivity index (χ1n) is 5.92. The van der Waals surface area contributed by atoms with Crippen LogP contribution in [0.25, 0.3) is 0 Å². The standard InChI is InChI=1S/C13H15F3N2O/c14-13(15,16)10-3-5-18(6-4-10)8-9-7-11(17)1-2-12(9)19/h1-3,7,19H,4-6,8,17H2. The van der Waals surface area contributed by atoms with Crippen molar-refractivity contribution in [2.24, 2.45) is 0 Å². The van der Waals surface area contributed by atoms with E-state index in [0.29, 0.717) is 24.3 Å². The van der Waals surface area contributed by atoms with Crippen molar-refractivity contribution in [3.63, 3.8) is 0 Å². The molecule has 1 aromatic rings. The fourth-order valence-electron chi connectivity index (χ4n) is 2.09. The number of nitrogen functional groups attached to an aromatic ring is 1. The molecule has 0 spiro atoms. The van der Waals surface area contributed by atoms with E-state index in [0.717, 1.165) is 0 Å². The van der Waals surface area contributed by atoms with E-state index in [-0.39, 0.29) is 18.7 Å². The first-order valence-corrected chi connectivity index (χ1v) is 5.92. The first kappa shape index (κ1) is 13.7. The van der Waals surface area contributed by atoms with Gasteiger partial charge in [-0.2, -0.15) is 13.2 Å². The normalized spacial score (nSPS) is 17.3. The summed E-state index contributed by atoms with van der Waals surface area (Å²) in [7, 11) is 0. The van der Waals surface area contributed by atoms with Crippen LogP contribution in [0.1, 0.15) is 12.0 Å². The van der Waals surface area contributed by atoms with Crippen LogP contribution in [-0.2, 0) is 6.54 Å². The molecule has 0 saturated heterocycles. The maximum absolute atomic E-state index is 12.5. The fraction of sp³-hybridized carbons (Fsp3) is 0.385. The van der Waals surface area contributed by atoms with Crippen LogP contribution in [0.2, 0.25) is 0 Å². The third-order valence-electron chi connectivity index (χ3n) is 3.15. The summed E-state index contributed by atoms with van der Waals surface area (Å²) in [5.74, 6) is 0.111. The predicted molar refractivity (Wildman–Crippen MR) is 66.6 cm³/mol. The zero-order valence-corrected chi connectivity index (χ0v) is 10.2. The second-order valence-electron chi connectivity index (χ2n) is 4.60. The van der Waals surface area contributed by atoms with Gasteiger partial charge in [0.25, 0.3) is 0 Å². The van der Waals surface area contributed by atoms with Crippen molar-refractivity contribution in [2.45, 2.75) is 19.1 Å². The third-order valence-corrected chi connectivity index (χ3v) is 3.15. The number of halogens is 3. The largest absolute Gasteiger partial charge is 0.508 e. The van der Waals surface area contributed by atoms with Gasteiger partial charge in [-0.1, -0.05) is 6.08 Å². The van der Waals surface area contributed by atoms with Gasteiger partial charge in [0.2, 0.25) is 0 Å². The number of rotatable bonds is 2. The molecule has 0 saturated carbocycles. The Hall–Kier alpha value is -1.69. The number of phenols is 1. The molecule has 1 aliphatic heterocycles. The van der Waals surface area contributed by atoms with E-state index in [2.05, 4.69) is 0 Å². The van der Waals surface area contributed by atoms with Crippen molar-refractivity contribution >= 4 is 5.69 Å². The van der Waals surface area contributed by atoms with Crippen LogP contribution in [-0.4, -0.2) is 29.3 Å². The van der Waals surface area contributed by atoms with Gasteiger partial charge in [0.05, 0.1) is 0 Å². The summed E-state index contributed by atoms with van der Waals surface area (Å²) in [5.41, 5.74) is 6.30. The Balaban J connectivity index is 2.03. The van der Waals surface area contributed by atoms with Crippen molar-refractivity contribution < 1.29 is 18.3 Å². The second kappa shape index (κ2) is 5.13. The summed E-state index contributed by atoms with van der Waals surface area (Å²) in [6, 6.07) is 4.71. The Kier molecular flexibility index (Phi) is 3.71. The van der Waals surface area contributed by atoms with E-state index >= 15 is 0 Å². The number of alkyl halides is 3. The minimum absolute atomic E-state index is 0.0213. The van der Waals surface area contributed by atoms with Gasteiger partial charge < -0.3 is 10.8 Å². The van der Waals surface area contributed by atoms with Crippen LogP contribution in [0.3, 0.4) is 0 Å². The number of nitrogens with two attached hydrogens (primary N) is 1. The van der Waals surface area contributed by atoms with Gasteiger partial charge in [-0.05, 0) is 24.6 Å². The lowest BCUT2D eigenvalue weighted by Crippen LogP contribution is -2.31. The molecule has 1 heterocycles. The minimum atomic E-state index is -4.23. The SMILES string of the molecule is Nc1ccc(O)c(CN2CC=C(C(F)(F)F)CC2)c1. The van der Waals surface area contributed by atoms with E-state index in [1.165, 1.54) is 12.1 Å². The summed E-state index contributed by atoms with van der Waals surface area (Å²) < 4.78 is 37.4. The molecule has 0 radical (unpaired) electrons. The summed E-state index contributed by atoms with van der Waals surface area (Å²) in [4.78, 5) is 1.84. The molecule has 0 unspecified atom stereocenters. The average molecular weight is 272 g/mol. The van der Waals surface area contributed by atoms with Crippen molar-refractivity contribution in [1.29, 1.82) is 0 Å². The van der Waals surface area contributed by atoms with E-state index < -0.39 is 11.7 Å². The zero-order valence-electron chi connectivity index (χ0n) is 10.2. The number of nitrogens with zero attached hydrogens (tertiary/aromatic N) is 1. The number of hydrogen-bond donors (Lipinski definition) is 2. The molecule has 0 aromatic heterocycles. The van der Waals surface area contributed by atoms with Crippen LogP contribution in [0.5, 0.6) is 5.75 Å². The topological polar surface area (TPSA) is 49.5 Å². The van der Waals surface area contributed by atoms with E-state index in [9.17, 15) is 18.3 Å². The fourth-order valence-corrected chi connectivity index (χ4v) is 2.09. The van der Waals surface area contributed by atoms with Crippen LogP contribution >= 0.6 is 0 Å². The first-order chi connectivity index (χ1) is 8.86. The molecule has 2 rings (SSSR count). The maximum Gasteiger partial charge on any atom is 0.412 e. The molecule has 0 amide bonds. The summed E-state index contributed by atoms with van der Waals surface area (Å²) in [6.45, 7) is 0.932. The Morgan fingerprint density at radius 3 is 2.63 bits per heavy atom. The molecule has 3 N–H and O–H groups in total. The van der Waals surface area contributed by atoms with Gasteiger partial charge >= 0.3 is 6.18 Å². The third kappa shape index (κ3) is 3.41. The summed E-state index contributed by atoms with van der Waals surface area (Å²) >= 11 is 0. The van der Waals surface area contributed by atoms with Crippen molar-refractivity contribution in [3.8, 4) is 5.75 Å².